The number of aryl methyl sites for hydroxylation is 1. The molecule has 2 aromatic rings. The van der Waals surface area contributed by atoms with Crippen molar-refractivity contribution in [2.75, 3.05) is 11.3 Å². The lowest BCUT2D eigenvalue weighted by Crippen LogP contribution is -2.15. The number of rotatable bonds is 6. The van der Waals surface area contributed by atoms with Crippen molar-refractivity contribution >= 4 is 15.7 Å². The number of hydrogen-bond acceptors (Lipinski definition) is 3. The number of nitrogens with one attached hydrogen (secondary N) is 2. The van der Waals surface area contributed by atoms with Gasteiger partial charge in [-0.2, -0.15) is 0 Å². The van der Waals surface area contributed by atoms with Gasteiger partial charge in [0.1, 0.15) is 0 Å². The fourth-order valence-electron chi connectivity index (χ4n) is 1.93. The van der Waals surface area contributed by atoms with Crippen molar-refractivity contribution in [3.8, 4) is 0 Å². The summed E-state index contributed by atoms with van der Waals surface area (Å²) in [4.78, 5) is 0.276. The molecule has 0 saturated carbocycles. The predicted molar refractivity (Wildman–Crippen MR) is 85.8 cm³/mol. The van der Waals surface area contributed by atoms with Crippen LogP contribution in [0, 0.1) is 6.92 Å². The molecule has 0 unspecified atom stereocenters. The van der Waals surface area contributed by atoms with Gasteiger partial charge in [-0.1, -0.05) is 36.8 Å². The van der Waals surface area contributed by atoms with Gasteiger partial charge in [0.2, 0.25) is 0 Å². The molecule has 0 atom stereocenters. The normalized spacial score (nSPS) is 11.3. The third-order valence-electron chi connectivity index (χ3n) is 3.09. The Labute approximate surface area is 126 Å². The van der Waals surface area contributed by atoms with Crippen molar-refractivity contribution in [1.82, 2.24) is 5.32 Å². The largest absolute Gasteiger partial charge is 0.313 e. The lowest BCUT2D eigenvalue weighted by Gasteiger charge is -2.10. The Bertz CT molecular complexity index is 694. The average molecular weight is 304 g/mol. The average Bonchev–Trinajstić information content (AvgIpc) is 2.48. The molecule has 0 fully saturated rings. The van der Waals surface area contributed by atoms with Crippen LogP contribution in [-0.2, 0) is 16.6 Å². The van der Waals surface area contributed by atoms with E-state index in [1.807, 2.05) is 32.0 Å². The van der Waals surface area contributed by atoms with Crippen molar-refractivity contribution in [3.63, 3.8) is 0 Å². The summed E-state index contributed by atoms with van der Waals surface area (Å²) in [6.45, 7) is 5.48. The monoisotopic (exact) mass is 304 g/mol. The van der Waals surface area contributed by atoms with Gasteiger partial charge in [0.15, 0.2) is 0 Å². The Morgan fingerprint density at radius 1 is 1.05 bits per heavy atom. The molecule has 0 radical (unpaired) electrons. The lowest BCUT2D eigenvalue weighted by atomic mass is 10.2. The maximum Gasteiger partial charge on any atom is 0.261 e. The first kappa shape index (κ1) is 15.5. The standard InChI is InChI=1S/C16H20N2O2S/c1-3-17-12-14-5-4-6-16(11-14)21(19,20)18-15-9-7-13(2)8-10-15/h4-11,17-18H,3,12H2,1-2H3. The minimum absolute atomic E-state index is 0.276. The van der Waals surface area contributed by atoms with Crippen molar-refractivity contribution < 1.29 is 8.42 Å². The summed E-state index contributed by atoms with van der Waals surface area (Å²) < 4.78 is 27.4. The van der Waals surface area contributed by atoms with E-state index in [4.69, 9.17) is 0 Å². The third kappa shape index (κ3) is 4.31. The van der Waals surface area contributed by atoms with Crippen LogP contribution in [-0.4, -0.2) is 15.0 Å². The second-order valence-corrected chi connectivity index (χ2v) is 6.58. The highest BCUT2D eigenvalue weighted by molar-refractivity contribution is 7.92. The summed E-state index contributed by atoms with van der Waals surface area (Å²) in [5.74, 6) is 0. The quantitative estimate of drug-likeness (QED) is 0.862. The molecule has 0 spiro atoms. The zero-order chi connectivity index (χ0) is 15.3. The molecule has 0 bridgehead atoms. The SMILES string of the molecule is CCNCc1cccc(S(=O)(=O)Nc2ccc(C)cc2)c1. The van der Waals surface area contributed by atoms with Crippen molar-refractivity contribution in [2.45, 2.75) is 25.3 Å². The second kappa shape index (κ2) is 6.74. The van der Waals surface area contributed by atoms with Crippen LogP contribution >= 0.6 is 0 Å². The van der Waals surface area contributed by atoms with Crippen LogP contribution in [0.15, 0.2) is 53.4 Å². The zero-order valence-electron chi connectivity index (χ0n) is 12.3. The summed E-state index contributed by atoms with van der Waals surface area (Å²) in [5.41, 5.74) is 2.60. The molecule has 0 aliphatic heterocycles. The van der Waals surface area contributed by atoms with E-state index in [-0.39, 0.29) is 4.90 Å². The first-order valence-corrected chi connectivity index (χ1v) is 8.39. The van der Waals surface area contributed by atoms with Gasteiger partial charge in [0.05, 0.1) is 4.90 Å². The van der Waals surface area contributed by atoms with Gasteiger partial charge in [0, 0.05) is 12.2 Å². The highest BCUT2D eigenvalue weighted by Gasteiger charge is 2.14. The molecule has 112 valence electrons. The maximum absolute atomic E-state index is 12.4. The molecule has 2 N–H and O–H groups in total. The van der Waals surface area contributed by atoms with Crippen LogP contribution in [0.5, 0.6) is 0 Å². The van der Waals surface area contributed by atoms with Crippen LogP contribution < -0.4 is 10.0 Å². The van der Waals surface area contributed by atoms with Gasteiger partial charge in [-0.05, 0) is 43.3 Å². The van der Waals surface area contributed by atoms with Crippen LogP contribution in [0.3, 0.4) is 0 Å². The highest BCUT2D eigenvalue weighted by Crippen LogP contribution is 2.17. The Kier molecular flexibility index (Phi) is 4.98. The molecule has 0 saturated heterocycles. The lowest BCUT2D eigenvalue weighted by molar-refractivity contribution is 0.601. The summed E-state index contributed by atoms with van der Waals surface area (Å²) in [5, 5.41) is 3.18. The van der Waals surface area contributed by atoms with E-state index in [0.717, 1.165) is 17.7 Å². The van der Waals surface area contributed by atoms with E-state index in [0.29, 0.717) is 12.2 Å². The number of hydrogen-bond donors (Lipinski definition) is 2. The van der Waals surface area contributed by atoms with E-state index in [1.54, 1.807) is 30.3 Å². The van der Waals surface area contributed by atoms with E-state index >= 15 is 0 Å². The van der Waals surface area contributed by atoms with Crippen LogP contribution in [0.4, 0.5) is 5.69 Å². The van der Waals surface area contributed by atoms with Gasteiger partial charge in [0.25, 0.3) is 10.0 Å². The Hall–Kier alpha value is -1.85. The summed E-state index contributed by atoms with van der Waals surface area (Å²) in [7, 11) is -3.55. The fourth-order valence-corrected chi connectivity index (χ4v) is 3.06. The van der Waals surface area contributed by atoms with Crippen molar-refractivity contribution in [2.24, 2.45) is 0 Å². The molecule has 0 aliphatic rings. The van der Waals surface area contributed by atoms with Crippen LogP contribution in [0.25, 0.3) is 0 Å². The van der Waals surface area contributed by atoms with E-state index < -0.39 is 10.0 Å². The topological polar surface area (TPSA) is 58.2 Å². The molecule has 0 aromatic heterocycles. The molecule has 21 heavy (non-hydrogen) atoms. The van der Waals surface area contributed by atoms with Crippen LogP contribution in [0.1, 0.15) is 18.1 Å². The zero-order valence-corrected chi connectivity index (χ0v) is 13.1. The molecular weight excluding hydrogens is 284 g/mol. The van der Waals surface area contributed by atoms with Gasteiger partial charge < -0.3 is 5.32 Å². The Morgan fingerprint density at radius 2 is 1.76 bits per heavy atom. The predicted octanol–water partition coefficient (Wildman–Crippen LogP) is 2.91. The van der Waals surface area contributed by atoms with E-state index in [1.165, 1.54) is 0 Å². The Balaban J connectivity index is 2.20. The number of benzene rings is 2. The molecule has 5 heteroatoms. The first-order valence-electron chi connectivity index (χ1n) is 6.90. The smallest absolute Gasteiger partial charge is 0.261 e. The fraction of sp³-hybridized carbons (Fsp3) is 0.250. The summed E-state index contributed by atoms with van der Waals surface area (Å²) in [6.07, 6.45) is 0. The second-order valence-electron chi connectivity index (χ2n) is 4.90. The first-order chi connectivity index (χ1) is 10.0. The molecular formula is C16H20N2O2S. The molecule has 2 rings (SSSR count). The number of sulfonamides is 1. The summed E-state index contributed by atoms with van der Waals surface area (Å²) >= 11 is 0. The maximum atomic E-state index is 12.4. The summed E-state index contributed by atoms with van der Waals surface area (Å²) in [6, 6.07) is 14.2. The minimum atomic E-state index is -3.55. The van der Waals surface area contributed by atoms with Gasteiger partial charge in [-0.3, -0.25) is 4.72 Å². The van der Waals surface area contributed by atoms with Crippen molar-refractivity contribution in [1.29, 1.82) is 0 Å². The molecule has 4 nitrogen and oxygen atoms in total. The minimum Gasteiger partial charge on any atom is -0.313 e. The number of anilines is 1. The van der Waals surface area contributed by atoms with Crippen LogP contribution in [0.2, 0.25) is 0 Å². The van der Waals surface area contributed by atoms with Gasteiger partial charge in [-0.15, -0.1) is 0 Å². The van der Waals surface area contributed by atoms with Gasteiger partial charge in [-0.25, -0.2) is 8.42 Å². The molecule has 0 aliphatic carbocycles. The molecule has 0 amide bonds. The third-order valence-corrected chi connectivity index (χ3v) is 4.47. The van der Waals surface area contributed by atoms with E-state index in [2.05, 4.69) is 10.0 Å². The molecule has 0 heterocycles. The van der Waals surface area contributed by atoms with Gasteiger partial charge >= 0.3 is 0 Å². The highest BCUT2D eigenvalue weighted by atomic mass is 32.2. The molecule has 2 aromatic carbocycles. The van der Waals surface area contributed by atoms with E-state index in [9.17, 15) is 8.42 Å². The van der Waals surface area contributed by atoms with Crippen molar-refractivity contribution in [3.05, 3.63) is 59.7 Å². The Morgan fingerprint density at radius 3 is 2.43 bits per heavy atom.